The van der Waals surface area contributed by atoms with Crippen molar-refractivity contribution in [2.24, 2.45) is 0 Å². The Balaban J connectivity index is 2.39. The smallest absolute Gasteiger partial charge is 0.244 e. The van der Waals surface area contributed by atoms with Gasteiger partial charge in [-0.15, -0.1) is 0 Å². The van der Waals surface area contributed by atoms with Crippen molar-refractivity contribution in [3.05, 3.63) is 28.8 Å². The van der Waals surface area contributed by atoms with Crippen LogP contribution in [0.2, 0.25) is 5.02 Å². The molecule has 108 valence electrons. The molecule has 0 amide bonds. The highest BCUT2D eigenvalue weighted by molar-refractivity contribution is 7.89. The summed E-state index contributed by atoms with van der Waals surface area (Å²) in [6, 6.07) is 6.15. The van der Waals surface area contributed by atoms with E-state index in [1.165, 1.54) is 22.5 Å². The Kier molecular flexibility index (Phi) is 4.66. The number of piperidine rings is 1. The number of halogens is 1. The highest BCUT2D eigenvalue weighted by atomic mass is 35.5. The average Bonchev–Trinajstić information content (AvgIpc) is 2.47. The summed E-state index contributed by atoms with van der Waals surface area (Å²) in [5.41, 5.74) is 0.121. The maximum Gasteiger partial charge on any atom is 0.244 e. The molecule has 20 heavy (non-hydrogen) atoms. The van der Waals surface area contributed by atoms with Crippen molar-refractivity contribution in [1.82, 2.24) is 9.62 Å². The van der Waals surface area contributed by atoms with E-state index >= 15 is 0 Å². The molecule has 0 bridgehead atoms. The molecule has 0 unspecified atom stereocenters. The Bertz CT molecular complexity index is 634. The van der Waals surface area contributed by atoms with Crippen LogP contribution in [0.25, 0.3) is 0 Å². The second-order valence-electron chi connectivity index (χ2n) is 4.75. The van der Waals surface area contributed by atoms with E-state index in [9.17, 15) is 8.42 Å². The molecule has 0 atom stereocenters. The lowest BCUT2D eigenvalue weighted by Crippen LogP contribution is -2.44. The molecule has 1 aliphatic heterocycles. The molecule has 0 aliphatic carbocycles. The average molecular weight is 314 g/mol. The fraction of sp³-hybridized carbons (Fsp3) is 0.462. The Morgan fingerprint density at radius 1 is 1.40 bits per heavy atom. The molecule has 1 aliphatic rings. The van der Waals surface area contributed by atoms with Gasteiger partial charge in [-0.3, -0.25) is 0 Å². The minimum absolute atomic E-state index is 0.0199. The molecule has 0 aromatic heterocycles. The molecule has 0 spiro atoms. The summed E-state index contributed by atoms with van der Waals surface area (Å²) in [7, 11) is -2.14. The van der Waals surface area contributed by atoms with Gasteiger partial charge in [0.05, 0.1) is 5.56 Å². The normalized spacial score (nSPS) is 17.1. The summed E-state index contributed by atoms with van der Waals surface area (Å²) >= 11 is 5.87. The van der Waals surface area contributed by atoms with E-state index in [-0.39, 0.29) is 16.5 Å². The van der Waals surface area contributed by atoms with Crippen molar-refractivity contribution >= 4 is 21.6 Å². The zero-order valence-corrected chi connectivity index (χ0v) is 12.7. The van der Waals surface area contributed by atoms with Gasteiger partial charge in [-0.2, -0.15) is 9.57 Å². The van der Waals surface area contributed by atoms with Gasteiger partial charge in [0.1, 0.15) is 11.0 Å². The van der Waals surface area contributed by atoms with Crippen LogP contribution >= 0.6 is 11.6 Å². The number of nitrogens with zero attached hydrogens (tertiary/aromatic N) is 2. The van der Waals surface area contributed by atoms with E-state index in [4.69, 9.17) is 16.9 Å². The Morgan fingerprint density at radius 3 is 2.65 bits per heavy atom. The third kappa shape index (κ3) is 2.96. The minimum atomic E-state index is -3.71. The fourth-order valence-electron chi connectivity index (χ4n) is 2.32. The first-order chi connectivity index (χ1) is 9.46. The summed E-state index contributed by atoms with van der Waals surface area (Å²) in [6.45, 7) is 1.59. The molecular weight excluding hydrogens is 298 g/mol. The molecule has 1 aromatic rings. The van der Waals surface area contributed by atoms with Gasteiger partial charge in [-0.25, -0.2) is 8.42 Å². The van der Waals surface area contributed by atoms with Crippen LogP contribution in [0.3, 0.4) is 0 Å². The molecular formula is C13H16ClN3O2S. The highest BCUT2D eigenvalue weighted by Crippen LogP contribution is 2.26. The Hall–Kier alpha value is -1.13. The predicted octanol–water partition coefficient (Wildman–Crippen LogP) is 1.58. The summed E-state index contributed by atoms with van der Waals surface area (Å²) in [4.78, 5) is -0.0199. The number of hydrogen-bond acceptors (Lipinski definition) is 4. The van der Waals surface area contributed by atoms with Crippen LogP contribution in [0.15, 0.2) is 23.1 Å². The van der Waals surface area contributed by atoms with Gasteiger partial charge in [0.25, 0.3) is 0 Å². The monoisotopic (exact) mass is 313 g/mol. The lowest BCUT2D eigenvalue weighted by molar-refractivity contribution is 0.296. The molecule has 1 N–H and O–H groups in total. The molecule has 5 nitrogen and oxygen atoms in total. The summed E-state index contributed by atoms with van der Waals surface area (Å²) in [5.74, 6) is 0. The maximum atomic E-state index is 12.7. The molecule has 1 fully saturated rings. The third-order valence-electron chi connectivity index (χ3n) is 3.54. The first-order valence-electron chi connectivity index (χ1n) is 6.35. The second-order valence-corrected chi connectivity index (χ2v) is 7.16. The van der Waals surface area contributed by atoms with E-state index in [2.05, 4.69) is 5.32 Å². The topological polar surface area (TPSA) is 73.2 Å². The maximum absolute atomic E-state index is 12.7. The number of nitrogens with one attached hydrogen (secondary N) is 1. The first-order valence-corrected chi connectivity index (χ1v) is 8.17. The largest absolute Gasteiger partial charge is 0.317 e. The van der Waals surface area contributed by atoms with Crippen molar-refractivity contribution in [1.29, 1.82) is 5.26 Å². The van der Waals surface area contributed by atoms with Crippen LogP contribution in [0, 0.1) is 11.3 Å². The summed E-state index contributed by atoms with van der Waals surface area (Å²) < 4.78 is 26.7. The summed E-state index contributed by atoms with van der Waals surface area (Å²) in [6.07, 6.45) is 1.52. The molecule has 1 saturated heterocycles. The molecule has 1 aromatic carbocycles. The third-order valence-corrected chi connectivity index (χ3v) is 5.73. The standard InChI is InChI=1S/C13H16ClN3O2S/c1-17(12-4-6-16-7-5-12)20(18,19)13-8-11(14)3-2-10(13)9-15/h2-3,8,12,16H,4-7H2,1H3. The van der Waals surface area contributed by atoms with E-state index < -0.39 is 10.0 Å². The van der Waals surface area contributed by atoms with Crippen LogP contribution in [0.4, 0.5) is 0 Å². The van der Waals surface area contributed by atoms with Gasteiger partial charge in [0.2, 0.25) is 10.0 Å². The molecule has 0 saturated carbocycles. The number of hydrogen-bond donors (Lipinski definition) is 1. The lowest BCUT2D eigenvalue weighted by atomic mass is 10.1. The van der Waals surface area contributed by atoms with E-state index in [0.29, 0.717) is 5.02 Å². The zero-order valence-electron chi connectivity index (χ0n) is 11.1. The minimum Gasteiger partial charge on any atom is -0.317 e. The Morgan fingerprint density at radius 2 is 2.05 bits per heavy atom. The van der Waals surface area contributed by atoms with Gasteiger partial charge >= 0.3 is 0 Å². The van der Waals surface area contributed by atoms with Crippen LogP contribution in [0.5, 0.6) is 0 Å². The molecule has 0 radical (unpaired) electrons. The number of sulfonamides is 1. The van der Waals surface area contributed by atoms with Crippen LogP contribution in [-0.2, 0) is 10.0 Å². The van der Waals surface area contributed by atoms with Gasteiger partial charge in [0, 0.05) is 18.1 Å². The van der Waals surface area contributed by atoms with Gasteiger partial charge < -0.3 is 5.32 Å². The van der Waals surface area contributed by atoms with E-state index in [0.717, 1.165) is 25.9 Å². The number of rotatable bonds is 3. The molecule has 1 heterocycles. The van der Waals surface area contributed by atoms with Crippen molar-refractivity contribution in [2.45, 2.75) is 23.8 Å². The van der Waals surface area contributed by atoms with Crippen molar-refractivity contribution in [3.63, 3.8) is 0 Å². The SMILES string of the molecule is CN(C1CCNCC1)S(=O)(=O)c1cc(Cl)ccc1C#N. The fourth-order valence-corrected chi connectivity index (χ4v) is 4.14. The zero-order chi connectivity index (χ0) is 14.8. The number of nitriles is 1. The first kappa shape index (κ1) is 15.3. The van der Waals surface area contributed by atoms with Gasteiger partial charge in [0.15, 0.2) is 0 Å². The quantitative estimate of drug-likeness (QED) is 0.919. The van der Waals surface area contributed by atoms with E-state index in [1.807, 2.05) is 6.07 Å². The lowest BCUT2D eigenvalue weighted by Gasteiger charge is -2.31. The van der Waals surface area contributed by atoms with Crippen molar-refractivity contribution in [2.75, 3.05) is 20.1 Å². The van der Waals surface area contributed by atoms with Crippen molar-refractivity contribution in [3.8, 4) is 6.07 Å². The highest BCUT2D eigenvalue weighted by Gasteiger charge is 2.30. The molecule has 2 rings (SSSR count). The molecule has 7 heteroatoms. The van der Waals surface area contributed by atoms with Crippen LogP contribution in [-0.4, -0.2) is 38.9 Å². The number of benzene rings is 1. The van der Waals surface area contributed by atoms with Crippen molar-refractivity contribution < 1.29 is 8.42 Å². The van der Waals surface area contributed by atoms with Gasteiger partial charge in [-0.1, -0.05) is 11.6 Å². The van der Waals surface area contributed by atoms with Gasteiger partial charge in [-0.05, 0) is 44.1 Å². The predicted molar refractivity (Wildman–Crippen MR) is 77.0 cm³/mol. The Labute approximate surface area is 124 Å². The van der Waals surface area contributed by atoms with Crippen LogP contribution in [0.1, 0.15) is 18.4 Å². The van der Waals surface area contributed by atoms with Crippen LogP contribution < -0.4 is 5.32 Å². The summed E-state index contributed by atoms with van der Waals surface area (Å²) in [5, 5.41) is 12.6. The second kappa shape index (κ2) is 6.10. The van der Waals surface area contributed by atoms with E-state index in [1.54, 1.807) is 7.05 Å².